The quantitative estimate of drug-likeness (QED) is 0.767. The third-order valence-electron chi connectivity index (χ3n) is 2.96. The molecule has 0 saturated heterocycles. The van der Waals surface area contributed by atoms with Crippen LogP contribution in [0.3, 0.4) is 0 Å². The topological polar surface area (TPSA) is 92.7 Å². The van der Waals surface area contributed by atoms with E-state index < -0.39 is 10.0 Å². The van der Waals surface area contributed by atoms with Crippen LogP contribution in [-0.4, -0.2) is 28.4 Å². The first-order valence-electron chi connectivity index (χ1n) is 6.19. The van der Waals surface area contributed by atoms with E-state index in [1.807, 2.05) is 12.3 Å². The van der Waals surface area contributed by atoms with Crippen molar-refractivity contribution < 1.29 is 8.42 Å². The first kappa shape index (κ1) is 13.4. The summed E-state index contributed by atoms with van der Waals surface area (Å²) in [6, 6.07) is 8.76. The maximum absolute atomic E-state index is 12.2. The van der Waals surface area contributed by atoms with Crippen molar-refractivity contribution >= 4 is 15.7 Å². The largest absolute Gasteiger partial charge is 0.281 e. The van der Waals surface area contributed by atoms with Crippen LogP contribution in [0.1, 0.15) is 5.69 Å². The van der Waals surface area contributed by atoms with Crippen molar-refractivity contribution in [1.29, 1.82) is 0 Å². The Labute approximate surface area is 121 Å². The zero-order chi connectivity index (χ0) is 14.9. The summed E-state index contributed by atoms with van der Waals surface area (Å²) in [6.07, 6.45) is 4.78. The number of anilines is 1. The average Bonchev–Trinajstić information content (AvgIpc) is 3.10. The van der Waals surface area contributed by atoms with E-state index in [1.54, 1.807) is 42.1 Å². The van der Waals surface area contributed by atoms with Gasteiger partial charge in [0.25, 0.3) is 10.0 Å². The fourth-order valence-corrected chi connectivity index (χ4v) is 3.12. The molecule has 8 heteroatoms. The first-order valence-corrected chi connectivity index (χ1v) is 7.67. The second-order valence-electron chi connectivity index (χ2n) is 4.46. The standard InChI is InChI=1S/C13H13N5O2S/c1-10-13(9-14-16-10)21(19,20)17-11-3-5-12(6-4-11)18-8-2-7-15-18/h2-9,17H,1H3,(H,14,16). The number of benzene rings is 1. The highest BCUT2D eigenvalue weighted by molar-refractivity contribution is 7.92. The normalized spacial score (nSPS) is 11.5. The summed E-state index contributed by atoms with van der Waals surface area (Å²) >= 11 is 0. The van der Waals surface area contributed by atoms with Gasteiger partial charge in [0, 0.05) is 18.1 Å². The number of aromatic amines is 1. The molecule has 2 N–H and O–H groups in total. The molecular formula is C13H13N5O2S. The van der Waals surface area contributed by atoms with Crippen molar-refractivity contribution in [3.63, 3.8) is 0 Å². The maximum atomic E-state index is 12.2. The summed E-state index contributed by atoms with van der Waals surface area (Å²) in [5.74, 6) is 0. The Bertz CT molecular complexity index is 835. The van der Waals surface area contributed by atoms with Gasteiger partial charge >= 0.3 is 0 Å². The van der Waals surface area contributed by atoms with Gasteiger partial charge in [-0.2, -0.15) is 10.2 Å². The second kappa shape index (κ2) is 5.06. The van der Waals surface area contributed by atoms with Gasteiger partial charge in [-0.3, -0.25) is 9.82 Å². The van der Waals surface area contributed by atoms with Crippen LogP contribution < -0.4 is 4.72 Å². The molecule has 0 saturated carbocycles. The zero-order valence-electron chi connectivity index (χ0n) is 11.2. The lowest BCUT2D eigenvalue weighted by Gasteiger charge is -2.08. The van der Waals surface area contributed by atoms with Gasteiger partial charge in [0.05, 0.1) is 17.6 Å². The number of aryl methyl sites for hydroxylation is 1. The molecule has 21 heavy (non-hydrogen) atoms. The molecule has 2 aromatic heterocycles. The van der Waals surface area contributed by atoms with E-state index in [1.165, 1.54) is 6.20 Å². The summed E-state index contributed by atoms with van der Waals surface area (Å²) < 4.78 is 28.6. The summed E-state index contributed by atoms with van der Waals surface area (Å²) in [6.45, 7) is 1.66. The third-order valence-corrected chi connectivity index (χ3v) is 4.46. The Morgan fingerprint density at radius 2 is 2.00 bits per heavy atom. The summed E-state index contributed by atoms with van der Waals surface area (Å²) in [4.78, 5) is 0.138. The van der Waals surface area contributed by atoms with Crippen molar-refractivity contribution in [3.05, 3.63) is 54.6 Å². The van der Waals surface area contributed by atoms with Gasteiger partial charge in [0.15, 0.2) is 0 Å². The fourth-order valence-electron chi connectivity index (χ4n) is 1.92. The molecule has 0 unspecified atom stereocenters. The van der Waals surface area contributed by atoms with Crippen LogP contribution in [0.5, 0.6) is 0 Å². The molecule has 3 aromatic rings. The van der Waals surface area contributed by atoms with Crippen molar-refractivity contribution in [3.8, 4) is 5.69 Å². The molecule has 0 aliphatic heterocycles. The van der Waals surface area contributed by atoms with Crippen molar-refractivity contribution in [2.45, 2.75) is 11.8 Å². The Hall–Kier alpha value is -2.61. The van der Waals surface area contributed by atoms with Gasteiger partial charge in [-0.05, 0) is 37.3 Å². The lowest BCUT2D eigenvalue weighted by Crippen LogP contribution is -2.13. The molecule has 0 radical (unpaired) electrons. The lowest BCUT2D eigenvalue weighted by atomic mass is 10.3. The number of rotatable bonds is 4. The van der Waals surface area contributed by atoms with E-state index in [9.17, 15) is 8.42 Å². The molecule has 7 nitrogen and oxygen atoms in total. The van der Waals surface area contributed by atoms with Crippen LogP contribution in [0.25, 0.3) is 5.69 Å². The molecule has 1 aromatic carbocycles. The smallest absolute Gasteiger partial charge is 0.265 e. The summed E-state index contributed by atoms with van der Waals surface area (Å²) in [5.41, 5.74) is 1.82. The summed E-state index contributed by atoms with van der Waals surface area (Å²) in [7, 11) is -3.63. The highest BCUT2D eigenvalue weighted by atomic mass is 32.2. The van der Waals surface area contributed by atoms with Crippen LogP contribution in [0.2, 0.25) is 0 Å². The van der Waals surface area contributed by atoms with E-state index >= 15 is 0 Å². The molecule has 0 bridgehead atoms. The van der Waals surface area contributed by atoms with Crippen LogP contribution in [0.15, 0.2) is 53.8 Å². The van der Waals surface area contributed by atoms with E-state index in [0.29, 0.717) is 11.4 Å². The number of aromatic nitrogens is 4. The minimum absolute atomic E-state index is 0.138. The Kier molecular flexibility index (Phi) is 3.22. The number of sulfonamides is 1. The van der Waals surface area contributed by atoms with E-state index in [-0.39, 0.29) is 4.90 Å². The molecule has 0 aliphatic carbocycles. The van der Waals surface area contributed by atoms with Gasteiger partial charge in [0.2, 0.25) is 0 Å². The van der Waals surface area contributed by atoms with Gasteiger partial charge < -0.3 is 0 Å². The van der Waals surface area contributed by atoms with Crippen LogP contribution in [-0.2, 0) is 10.0 Å². The predicted molar refractivity (Wildman–Crippen MR) is 77.7 cm³/mol. The Morgan fingerprint density at radius 3 is 2.57 bits per heavy atom. The summed E-state index contributed by atoms with van der Waals surface area (Å²) in [5, 5.41) is 10.4. The Balaban J connectivity index is 1.84. The second-order valence-corrected chi connectivity index (χ2v) is 6.11. The fraction of sp³-hybridized carbons (Fsp3) is 0.0769. The van der Waals surface area contributed by atoms with Gasteiger partial charge in [-0.15, -0.1) is 0 Å². The van der Waals surface area contributed by atoms with Gasteiger partial charge in [-0.25, -0.2) is 13.1 Å². The monoisotopic (exact) mass is 303 g/mol. The molecule has 0 aliphatic rings. The maximum Gasteiger partial charge on any atom is 0.265 e. The highest BCUT2D eigenvalue weighted by Gasteiger charge is 2.18. The molecule has 108 valence electrons. The lowest BCUT2D eigenvalue weighted by molar-refractivity contribution is 0.600. The van der Waals surface area contributed by atoms with E-state index in [4.69, 9.17) is 0 Å². The van der Waals surface area contributed by atoms with Crippen LogP contribution in [0, 0.1) is 6.92 Å². The number of H-pyrrole nitrogens is 1. The molecule has 3 rings (SSSR count). The SMILES string of the molecule is Cc1[nH]ncc1S(=O)(=O)Nc1ccc(-n2cccn2)cc1. The molecule has 0 spiro atoms. The molecule has 0 fully saturated rings. The highest BCUT2D eigenvalue weighted by Crippen LogP contribution is 2.18. The van der Waals surface area contributed by atoms with Gasteiger partial charge in [-0.1, -0.05) is 0 Å². The zero-order valence-corrected chi connectivity index (χ0v) is 12.0. The third kappa shape index (κ3) is 2.65. The van der Waals surface area contributed by atoms with Gasteiger partial charge in [0.1, 0.15) is 4.90 Å². The molecule has 0 atom stereocenters. The minimum atomic E-state index is -3.63. The van der Waals surface area contributed by atoms with E-state index in [0.717, 1.165) is 5.69 Å². The van der Waals surface area contributed by atoms with Crippen molar-refractivity contribution in [2.75, 3.05) is 4.72 Å². The van der Waals surface area contributed by atoms with Crippen molar-refractivity contribution in [2.24, 2.45) is 0 Å². The van der Waals surface area contributed by atoms with Crippen LogP contribution >= 0.6 is 0 Å². The van der Waals surface area contributed by atoms with E-state index in [2.05, 4.69) is 20.0 Å². The molecule has 2 heterocycles. The Morgan fingerprint density at radius 1 is 1.24 bits per heavy atom. The number of nitrogens with zero attached hydrogens (tertiary/aromatic N) is 3. The van der Waals surface area contributed by atoms with Crippen LogP contribution in [0.4, 0.5) is 5.69 Å². The molecule has 0 amide bonds. The number of nitrogens with one attached hydrogen (secondary N) is 2. The number of hydrogen-bond acceptors (Lipinski definition) is 4. The predicted octanol–water partition coefficient (Wildman–Crippen LogP) is 1.70. The molecular weight excluding hydrogens is 290 g/mol. The first-order chi connectivity index (χ1) is 10.1. The number of hydrogen-bond donors (Lipinski definition) is 2. The average molecular weight is 303 g/mol. The minimum Gasteiger partial charge on any atom is -0.281 e. The van der Waals surface area contributed by atoms with Crippen molar-refractivity contribution in [1.82, 2.24) is 20.0 Å².